The molecule has 0 bridgehead atoms. The van der Waals surface area contributed by atoms with Crippen LogP contribution in [-0.2, 0) is 4.79 Å². The predicted octanol–water partition coefficient (Wildman–Crippen LogP) is 2.87. The zero-order valence-electron chi connectivity index (χ0n) is 13.4. The van der Waals surface area contributed by atoms with Crippen LogP contribution in [0.4, 0.5) is 0 Å². The summed E-state index contributed by atoms with van der Waals surface area (Å²) in [5, 5.41) is 3.65. The van der Waals surface area contributed by atoms with E-state index in [0.29, 0.717) is 41.5 Å². The highest BCUT2D eigenvalue weighted by Gasteiger charge is 2.34. The molecule has 2 rings (SSSR count). The van der Waals surface area contributed by atoms with Gasteiger partial charge in [0.25, 0.3) is 5.91 Å². The lowest BCUT2D eigenvalue weighted by Crippen LogP contribution is -2.46. The normalized spacial score (nSPS) is 18.0. The van der Waals surface area contributed by atoms with E-state index in [-0.39, 0.29) is 30.3 Å². The summed E-state index contributed by atoms with van der Waals surface area (Å²) in [5.41, 5.74) is 6.07. The van der Waals surface area contributed by atoms with Crippen LogP contribution in [0.1, 0.15) is 36.5 Å². The average Bonchev–Trinajstić information content (AvgIpc) is 2.94. The van der Waals surface area contributed by atoms with Crippen LogP contribution in [0.3, 0.4) is 0 Å². The van der Waals surface area contributed by atoms with Crippen LogP contribution < -0.4 is 11.1 Å². The van der Waals surface area contributed by atoms with Crippen molar-refractivity contribution in [3.05, 3.63) is 33.8 Å². The van der Waals surface area contributed by atoms with Crippen molar-refractivity contribution in [3.8, 4) is 0 Å². The molecule has 0 spiro atoms. The van der Waals surface area contributed by atoms with E-state index in [0.717, 1.165) is 6.42 Å². The van der Waals surface area contributed by atoms with Crippen molar-refractivity contribution in [1.29, 1.82) is 0 Å². The Bertz CT molecular complexity index is 576. The Morgan fingerprint density at radius 1 is 1.33 bits per heavy atom. The fraction of sp³-hybridized carbons (Fsp3) is 0.500. The van der Waals surface area contributed by atoms with Crippen LogP contribution in [0.25, 0.3) is 0 Å². The molecule has 2 unspecified atom stereocenters. The molecule has 1 aliphatic heterocycles. The molecule has 0 aliphatic carbocycles. The molecule has 1 aliphatic rings. The van der Waals surface area contributed by atoms with Gasteiger partial charge in [0.15, 0.2) is 0 Å². The molecule has 24 heavy (non-hydrogen) atoms. The molecular formula is C16H22Cl3N3O2. The number of carbonyl (C=O) groups is 2. The van der Waals surface area contributed by atoms with Gasteiger partial charge in [-0.15, -0.1) is 12.4 Å². The number of hydrogen-bond acceptors (Lipinski definition) is 3. The molecule has 0 aromatic heterocycles. The summed E-state index contributed by atoms with van der Waals surface area (Å²) in [6.45, 7) is 2.95. The van der Waals surface area contributed by atoms with Crippen molar-refractivity contribution in [1.82, 2.24) is 10.2 Å². The van der Waals surface area contributed by atoms with E-state index in [4.69, 9.17) is 28.9 Å². The molecule has 3 N–H and O–H groups in total. The van der Waals surface area contributed by atoms with E-state index in [9.17, 15) is 9.59 Å². The minimum absolute atomic E-state index is 0. The van der Waals surface area contributed by atoms with E-state index in [1.54, 1.807) is 23.1 Å². The standard InChI is InChI=1S/C16H21Cl2N3O2.ClH/c1-10(19)4-5-20-15(22)14-3-2-6-21(14)16(23)11-7-12(17)9-13(18)8-11;/h7-10,14H,2-6,19H2,1H3,(H,20,22);1H. The highest BCUT2D eigenvalue weighted by Crippen LogP contribution is 2.24. The monoisotopic (exact) mass is 393 g/mol. The fourth-order valence-electron chi connectivity index (χ4n) is 2.67. The van der Waals surface area contributed by atoms with Gasteiger partial charge < -0.3 is 16.0 Å². The smallest absolute Gasteiger partial charge is 0.254 e. The summed E-state index contributed by atoms with van der Waals surface area (Å²) in [5.74, 6) is -0.358. The second kappa shape index (κ2) is 9.47. The summed E-state index contributed by atoms with van der Waals surface area (Å²) >= 11 is 11.9. The molecule has 1 aromatic carbocycles. The number of likely N-dealkylation sites (tertiary alicyclic amines) is 1. The molecule has 1 fully saturated rings. The lowest BCUT2D eigenvalue weighted by Gasteiger charge is -2.24. The van der Waals surface area contributed by atoms with Gasteiger partial charge in [0.1, 0.15) is 6.04 Å². The number of nitrogens with two attached hydrogens (primary N) is 1. The number of nitrogens with zero attached hydrogens (tertiary/aromatic N) is 1. The molecule has 0 radical (unpaired) electrons. The Balaban J connectivity index is 0.00000288. The van der Waals surface area contributed by atoms with Crippen molar-refractivity contribution in [3.63, 3.8) is 0 Å². The Labute approximate surface area is 158 Å². The second-order valence-electron chi connectivity index (χ2n) is 5.87. The third-order valence-electron chi connectivity index (χ3n) is 3.82. The number of halogens is 3. The first-order valence-electron chi connectivity index (χ1n) is 7.69. The molecule has 2 amide bonds. The van der Waals surface area contributed by atoms with Gasteiger partial charge in [0.2, 0.25) is 5.91 Å². The molecule has 2 atom stereocenters. The third-order valence-corrected chi connectivity index (χ3v) is 4.26. The molecule has 1 heterocycles. The lowest BCUT2D eigenvalue weighted by atomic mass is 10.1. The van der Waals surface area contributed by atoms with Gasteiger partial charge >= 0.3 is 0 Å². The van der Waals surface area contributed by atoms with Crippen LogP contribution in [0, 0.1) is 0 Å². The first-order valence-corrected chi connectivity index (χ1v) is 8.44. The van der Waals surface area contributed by atoms with E-state index < -0.39 is 6.04 Å². The Hall–Kier alpha value is -1.01. The van der Waals surface area contributed by atoms with Crippen LogP contribution >= 0.6 is 35.6 Å². The average molecular weight is 395 g/mol. The maximum Gasteiger partial charge on any atom is 0.254 e. The largest absolute Gasteiger partial charge is 0.354 e. The molecule has 1 aromatic rings. The first kappa shape index (κ1) is 21.0. The lowest BCUT2D eigenvalue weighted by molar-refractivity contribution is -0.124. The van der Waals surface area contributed by atoms with Gasteiger partial charge in [-0.2, -0.15) is 0 Å². The maximum absolute atomic E-state index is 12.7. The number of benzene rings is 1. The van der Waals surface area contributed by atoms with E-state index in [1.165, 1.54) is 0 Å². The van der Waals surface area contributed by atoms with Crippen molar-refractivity contribution < 1.29 is 9.59 Å². The molecule has 8 heteroatoms. The van der Waals surface area contributed by atoms with Gasteiger partial charge in [-0.05, 0) is 44.4 Å². The number of nitrogens with one attached hydrogen (secondary N) is 1. The Kier molecular flexibility index (Phi) is 8.30. The van der Waals surface area contributed by atoms with Crippen molar-refractivity contribution in [2.24, 2.45) is 5.73 Å². The highest BCUT2D eigenvalue weighted by molar-refractivity contribution is 6.35. The third kappa shape index (κ3) is 5.52. The Morgan fingerprint density at radius 2 is 1.96 bits per heavy atom. The van der Waals surface area contributed by atoms with Gasteiger partial charge in [0.05, 0.1) is 0 Å². The summed E-state index contributed by atoms with van der Waals surface area (Å²) in [6, 6.07) is 4.29. The van der Waals surface area contributed by atoms with Gasteiger partial charge in [0, 0.05) is 34.7 Å². The zero-order valence-corrected chi connectivity index (χ0v) is 15.8. The van der Waals surface area contributed by atoms with Gasteiger partial charge in [-0.25, -0.2) is 0 Å². The Morgan fingerprint density at radius 3 is 2.54 bits per heavy atom. The molecule has 1 saturated heterocycles. The highest BCUT2D eigenvalue weighted by atomic mass is 35.5. The first-order chi connectivity index (χ1) is 10.9. The van der Waals surface area contributed by atoms with Gasteiger partial charge in [-0.1, -0.05) is 23.2 Å². The van der Waals surface area contributed by atoms with E-state index in [2.05, 4.69) is 5.32 Å². The van der Waals surface area contributed by atoms with Crippen LogP contribution in [-0.4, -0.2) is 41.9 Å². The van der Waals surface area contributed by atoms with Crippen molar-refractivity contribution >= 4 is 47.4 Å². The second-order valence-corrected chi connectivity index (χ2v) is 6.74. The fourth-order valence-corrected chi connectivity index (χ4v) is 3.19. The topological polar surface area (TPSA) is 75.4 Å². The quantitative estimate of drug-likeness (QED) is 0.806. The number of rotatable bonds is 5. The SMILES string of the molecule is CC(N)CCNC(=O)C1CCCN1C(=O)c1cc(Cl)cc(Cl)c1.Cl. The summed E-state index contributed by atoms with van der Waals surface area (Å²) in [4.78, 5) is 26.6. The van der Waals surface area contributed by atoms with Crippen molar-refractivity contribution in [2.45, 2.75) is 38.3 Å². The maximum atomic E-state index is 12.7. The van der Waals surface area contributed by atoms with Crippen LogP contribution in [0.15, 0.2) is 18.2 Å². The van der Waals surface area contributed by atoms with E-state index in [1.807, 2.05) is 6.92 Å². The minimum atomic E-state index is -0.451. The minimum Gasteiger partial charge on any atom is -0.354 e. The summed E-state index contributed by atoms with van der Waals surface area (Å²) in [7, 11) is 0. The number of amides is 2. The van der Waals surface area contributed by atoms with Gasteiger partial charge in [-0.3, -0.25) is 9.59 Å². The predicted molar refractivity (Wildman–Crippen MR) is 99.0 cm³/mol. The van der Waals surface area contributed by atoms with Crippen LogP contribution in [0.2, 0.25) is 10.0 Å². The molecule has 0 saturated carbocycles. The summed E-state index contributed by atoms with van der Waals surface area (Å²) in [6.07, 6.45) is 2.16. The molecular weight excluding hydrogens is 373 g/mol. The van der Waals surface area contributed by atoms with Crippen molar-refractivity contribution in [2.75, 3.05) is 13.1 Å². The number of carbonyl (C=O) groups excluding carboxylic acids is 2. The molecule has 134 valence electrons. The summed E-state index contributed by atoms with van der Waals surface area (Å²) < 4.78 is 0. The van der Waals surface area contributed by atoms with Crippen LogP contribution in [0.5, 0.6) is 0 Å². The zero-order chi connectivity index (χ0) is 17.0. The number of hydrogen-bond donors (Lipinski definition) is 2. The molecule has 5 nitrogen and oxygen atoms in total. The van der Waals surface area contributed by atoms with E-state index >= 15 is 0 Å².